The number of hydrogen-bond donors (Lipinski definition) is 3. The molecule has 0 aromatic heterocycles. The highest BCUT2D eigenvalue weighted by molar-refractivity contribution is 5.78. The van der Waals surface area contributed by atoms with E-state index in [2.05, 4.69) is 10.6 Å². The van der Waals surface area contributed by atoms with Gasteiger partial charge in [0, 0.05) is 12.1 Å². The molecule has 1 saturated carbocycles. The maximum Gasteiger partial charge on any atom is 0.234 e. The van der Waals surface area contributed by atoms with Crippen molar-refractivity contribution in [2.45, 2.75) is 31.8 Å². The number of phenols is 1. The van der Waals surface area contributed by atoms with E-state index in [0.29, 0.717) is 18.3 Å². The van der Waals surface area contributed by atoms with E-state index in [4.69, 9.17) is 4.74 Å². The fourth-order valence-corrected chi connectivity index (χ4v) is 1.83. The van der Waals surface area contributed by atoms with Crippen molar-refractivity contribution in [2.75, 3.05) is 13.7 Å². The summed E-state index contributed by atoms with van der Waals surface area (Å²) in [6.07, 6.45) is 2.19. The van der Waals surface area contributed by atoms with Crippen LogP contribution in [0.25, 0.3) is 0 Å². The summed E-state index contributed by atoms with van der Waals surface area (Å²) < 4.78 is 5.07. The molecule has 1 unspecified atom stereocenters. The van der Waals surface area contributed by atoms with E-state index in [-0.39, 0.29) is 17.7 Å². The molecule has 5 nitrogen and oxygen atoms in total. The number of amides is 1. The van der Waals surface area contributed by atoms with Crippen LogP contribution in [0.2, 0.25) is 0 Å². The normalized spacial score (nSPS) is 15.9. The first-order valence-corrected chi connectivity index (χ1v) is 6.50. The van der Waals surface area contributed by atoms with Crippen LogP contribution in [0.4, 0.5) is 0 Å². The molecule has 0 aliphatic heterocycles. The summed E-state index contributed by atoms with van der Waals surface area (Å²) in [5, 5.41) is 15.6. The highest BCUT2D eigenvalue weighted by atomic mass is 16.5. The summed E-state index contributed by atoms with van der Waals surface area (Å²) >= 11 is 0. The minimum atomic E-state index is 0.0134. The van der Waals surface area contributed by atoms with E-state index in [1.54, 1.807) is 12.1 Å². The molecule has 0 saturated heterocycles. The number of nitrogens with one attached hydrogen (secondary N) is 2. The van der Waals surface area contributed by atoms with Gasteiger partial charge in [-0.15, -0.1) is 0 Å². The van der Waals surface area contributed by atoms with E-state index in [9.17, 15) is 9.90 Å². The Labute approximate surface area is 113 Å². The number of hydrogen-bond acceptors (Lipinski definition) is 4. The van der Waals surface area contributed by atoms with Crippen molar-refractivity contribution in [1.82, 2.24) is 10.6 Å². The smallest absolute Gasteiger partial charge is 0.234 e. The van der Waals surface area contributed by atoms with Crippen LogP contribution in [0.15, 0.2) is 18.2 Å². The van der Waals surface area contributed by atoms with Gasteiger partial charge in [0.15, 0.2) is 11.5 Å². The minimum Gasteiger partial charge on any atom is -0.504 e. The number of methoxy groups -OCH3 is 1. The molecule has 0 bridgehead atoms. The summed E-state index contributed by atoms with van der Waals surface area (Å²) in [5.74, 6) is 0.582. The van der Waals surface area contributed by atoms with Gasteiger partial charge in [-0.05, 0) is 37.5 Å². The van der Waals surface area contributed by atoms with Crippen molar-refractivity contribution in [3.05, 3.63) is 23.8 Å². The predicted octanol–water partition coefficient (Wildman–Crippen LogP) is 1.33. The molecule has 3 N–H and O–H groups in total. The molecule has 19 heavy (non-hydrogen) atoms. The number of rotatable bonds is 6. The van der Waals surface area contributed by atoms with Crippen LogP contribution in [0.1, 0.15) is 31.4 Å². The Morgan fingerprint density at radius 3 is 2.89 bits per heavy atom. The first-order chi connectivity index (χ1) is 9.10. The number of phenolic OH excluding ortho intramolecular Hbond substituents is 1. The zero-order valence-electron chi connectivity index (χ0n) is 11.3. The van der Waals surface area contributed by atoms with Crippen LogP contribution in [0, 0.1) is 0 Å². The first kappa shape index (κ1) is 13.7. The molecule has 1 aliphatic rings. The van der Waals surface area contributed by atoms with Gasteiger partial charge in [0.1, 0.15) is 0 Å². The topological polar surface area (TPSA) is 70.6 Å². The zero-order chi connectivity index (χ0) is 13.8. The third kappa shape index (κ3) is 3.86. The van der Waals surface area contributed by atoms with Gasteiger partial charge in [0.05, 0.1) is 13.7 Å². The van der Waals surface area contributed by atoms with Gasteiger partial charge in [-0.25, -0.2) is 0 Å². The Bertz CT molecular complexity index is 458. The zero-order valence-corrected chi connectivity index (χ0v) is 11.3. The summed E-state index contributed by atoms with van der Waals surface area (Å²) in [7, 11) is 1.51. The molecule has 1 atom stereocenters. The average Bonchev–Trinajstić information content (AvgIpc) is 3.20. The quantitative estimate of drug-likeness (QED) is 0.725. The van der Waals surface area contributed by atoms with Crippen molar-refractivity contribution in [2.24, 2.45) is 0 Å². The fourth-order valence-electron chi connectivity index (χ4n) is 1.83. The second kappa shape index (κ2) is 5.93. The monoisotopic (exact) mass is 264 g/mol. The number of ether oxygens (including phenoxy) is 1. The number of carbonyl (C=O) groups is 1. The molecule has 5 heteroatoms. The minimum absolute atomic E-state index is 0.0134. The van der Waals surface area contributed by atoms with Gasteiger partial charge in [0.25, 0.3) is 0 Å². The lowest BCUT2D eigenvalue weighted by molar-refractivity contribution is -0.120. The van der Waals surface area contributed by atoms with E-state index in [1.165, 1.54) is 7.11 Å². The molecule has 104 valence electrons. The Morgan fingerprint density at radius 2 is 2.26 bits per heavy atom. The lowest BCUT2D eigenvalue weighted by atomic mass is 10.1. The maximum absolute atomic E-state index is 11.6. The van der Waals surface area contributed by atoms with Crippen LogP contribution >= 0.6 is 0 Å². The van der Waals surface area contributed by atoms with E-state index in [0.717, 1.165) is 18.4 Å². The van der Waals surface area contributed by atoms with E-state index in [1.807, 2.05) is 13.0 Å². The first-order valence-electron chi connectivity index (χ1n) is 6.50. The van der Waals surface area contributed by atoms with Gasteiger partial charge < -0.3 is 20.5 Å². The molecular weight excluding hydrogens is 244 g/mol. The van der Waals surface area contributed by atoms with E-state index < -0.39 is 0 Å². The van der Waals surface area contributed by atoms with Crippen LogP contribution in [-0.2, 0) is 4.79 Å². The lowest BCUT2D eigenvalue weighted by Crippen LogP contribution is -2.36. The number of benzene rings is 1. The van der Waals surface area contributed by atoms with Gasteiger partial charge in [-0.3, -0.25) is 4.79 Å². The van der Waals surface area contributed by atoms with Crippen LogP contribution in [-0.4, -0.2) is 30.7 Å². The SMILES string of the molecule is COc1cc(C(C)NCC(=O)NC2CC2)ccc1O. The fraction of sp³-hybridized carbons (Fsp3) is 0.500. The summed E-state index contributed by atoms with van der Waals surface area (Å²) in [5.41, 5.74) is 0.967. The standard InChI is InChI=1S/C14H20N2O3/c1-9(15-8-14(18)16-11-4-5-11)10-3-6-12(17)13(7-10)19-2/h3,6-7,9,11,15,17H,4-5,8H2,1-2H3,(H,16,18). The predicted molar refractivity (Wildman–Crippen MR) is 72.2 cm³/mol. The summed E-state index contributed by atoms with van der Waals surface area (Å²) in [6.45, 7) is 2.26. The molecule has 0 spiro atoms. The van der Waals surface area contributed by atoms with Crippen molar-refractivity contribution in [1.29, 1.82) is 0 Å². The van der Waals surface area contributed by atoms with Crippen LogP contribution in [0.3, 0.4) is 0 Å². The maximum atomic E-state index is 11.6. The van der Waals surface area contributed by atoms with Gasteiger partial charge in [0.2, 0.25) is 5.91 Å². The van der Waals surface area contributed by atoms with Gasteiger partial charge in [-0.1, -0.05) is 6.07 Å². The van der Waals surface area contributed by atoms with Gasteiger partial charge in [-0.2, -0.15) is 0 Å². The number of carbonyl (C=O) groups excluding carboxylic acids is 1. The van der Waals surface area contributed by atoms with Crippen molar-refractivity contribution < 1.29 is 14.6 Å². The van der Waals surface area contributed by atoms with E-state index >= 15 is 0 Å². The van der Waals surface area contributed by atoms with Crippen LogP contribution < -0.4 is 15.4 Å². The van der Waals surface area contributed by atoms with Gasteiger partial charge >= 0.3 is 0 Å². The second-order valence-electron chi connectivity index (χ2n) is 4.88. The number of aromatic hydroxyl groups is 1. The largest absolute Gasteiger partial charge is 0.504 e. The molecule has 2 rings (SSSR count). The Kier molecular flexibility index (Phi) is 4.27. The second-order valence-corrected chi connectivity index (χ2v) is 4.88. The third-order valence-corrected chi connectivity index (χ3v) is 3.22. The highest BCUT2D eigenvalue weighted by Crippen LogP contribution is 2.28. The summed E-state index contributed by atoms with van der Waals surface area (Å²) in [6, 6.07) is 5.58. The Hall–Kier alpha value is -1.75. The van der Waals surface area contributed by atoms with Crippen molar-refractivity contribution in [3.8, 4) is 11.5 Å². The third-order valence-electron chi connectivity index (χ3n) is 3.22. The summed E-state index contributed by atoms with van der Waals surface area (Å²) in [4.78, 5) is 11.6. The Morgan fingerprint density at radius 1 is 1.53 bits per heavy atom. The average molecular weight is 264 g/mol. The molecule has 1 aliphatic carbocycles. The molecule has 1 amide bonds. The van der Waals surface area contributed by atoms with Crippen LogP contribution in [0.5, 0.6) is 11.5 Å². The molecule has 0 radical (unpaired) electrons. The molecule has 1 fully saturated rings. The molecule has 1 aromatic carbocycles. The molecule has 1 aromatic rings. The highest BCUT2D eigenvalue weighted by Gasteiger charge is 2.23. The van der Waals surface area contributed by atoms with Crippen molar-refractivity contribution >= 4 is 5.91 Å². The molecular formula is C14H20N2O3. The molecule has 0 heterocycles. The van der Waals surface area contributed by atoms with Crippen molar-refractivity contribution in [3.63, 3.8) is 0 Å². The lowest BCUT2D eigenvalue weighted by Gasteiger charge is -2.15. The Balaban J connectivity index is 1.87.